The minimum absolute atomic E-state index is 0.125. The van der Waals surface area contributed by atoms with Crippen LogP contribution >= 0.6 is 0 Å². The molecule has 1 aromatic carbocycles. The third-order valence-corrected chi connectivity index (χ3v) is 3.55. The summed E-state index contributed by atoms with van der Waals surface area (Å²) in [6.45, 7) is 0.965. The normalized spacial score (nSPS) is 14.7. The summed E-state index contributed by atoms with van der Waals surface area (Å²) in [4.78, 5) is 11.3. The topological polar surface area (TPSA) is 67.1 Å². The van der Waals surface area contributed by atoms with E-state index in [1.54, 1.807) is 0 Å². The number of carboxylic acids is 1. The van der Waals surface area contributed by atoms with Crippen LogP contribution in [0.2, 0.25) is 0 Å². The molecule has 116 valence electrons. The Kier molecular flexibility index (Phi) is 3.40. The molecule has 0 aliphatic carbocycles. The van der Waals surface area contributed by atoms with E-state index in [1.165, 1.54) is 16.8 Å². The van der Waals surface area contributed by atoms with E-state index in [9.17, 15) is 23.1 Å². The molecular weight excluding hydrogens is 299 g/mol. The zero-order valence-electron chi connectivity index (χ0n) is 11.3. The molecule has 5 nitrogen and oxygen atoms in total. The van der Waals surface area contributed by atoms with Crippen molar-refractivity contribution in [1.82, 2.24) is 15.1 Å². The summed E-state index contributed by atoms with van der Waals surface area (Å²) in [5.41, 5.74) is 0.451. The van der Waals surface area contributed by atoms with Crippen molar-refractivity contribution in [2.45, 2.75) is 19.1 Å². The van der Waals surface area contributed by atoms with Crippen LogP contribution in [0, 0.1) is 0 Å². The van der Waals surface area contributed by atoms with Gasteiger partial charge in [0.15, 0.2) is 5.69 Å². The van der Waals surface area contributed by atoms with Crippen molar-refractivity contribution >= 4 is 5.97 Å². The van der Waals surface area contributed by atoms with Gasteiger partial charge in [-0.25, -0.2) is 9.48 Å². The van der Waals surface area contributed by atoms with Gasteiger partial charge in [-0.1, -0.05) is 6.07 Å². The Hall–Kier alpha value is -2.35. The van der Waals surface area contributed by atoms with E-state index in [-0.39, 0.29) is 11.4 Å². The number of hydrogen-bond donors (Lipinski definition) is 2. The van der Waals surface area contributed by atoms with Crippen LogP contribution in [0.4, 0.5) is 13.2 Å². The second-order valence-electron chi connectivity index (χ2n) is 4.97. The molecule has 0 spiro atoms. The number of hydrogen-bond acceptors (Lipinski definition) is 3. The van der Waals surface area contributed by atoms with E-state index >= 15 is 0 Å². The minimum atomic E-state index is -4.46. The zero-order chi connectivity index (χ0) is 15.9. The van der Waals surface area contributed by atoms with Crippen LogP contribution in [0.1, 0.15) is 27.3 Å². The summed E-state index contributed by atoms with van der Waals surface area (Å²) in [7, 11) is 0. The molecule has 1 aromatic heterocycles. The molecule has 0 radical (unpaired) electrons. The first-order valence-corrected chi connectivity index (χ1v) is 6.60. The van der Waals surface area contributed by atoms with Gasteiger partial charge in [0, 0.05) is 25.1 Å². The standard InChI is InChI=1S/C14H12F3N3O2/c15-14(16,17)8-2-1-3-9(6-8)20-11-4-5-18-7-10(11)12(19-20)13(21)22/h1-3,6,18H,4-5,7H2,(H,21,22). The molecule has 0 atom stereocenters. The number of aromatic carboxylic acids is 1. The minimum Gasteiger partial charge on any atom is -0.476 e. The smallest absolute Gasteiger partial charge is 0.416 e. The van der Waals surface area contributed by atoms with Gasteiger partial charge >= 0.3 is 12.1 Å². The highest BCUT2D eigenvalue weighted by atomic mass is 19.4. The average molecular weight is 311 g/mol. The molecule has 0 saturated heterocycles. The van der Waals surface area contributed by atoms with Crippen molar-refractivity contribution in [3.63, 3.8) is 0 Å². The van der Waals surface area contributed by atoms with Crippen molar-refractivity contribution in [3.05, 3.63) is 46.8 Å². The van der Waals surface area contributed by atoms with Crippen LogP contribution < -0.4 is 5.32 Å². The van der Waals surface area contributed by atoms with Crippen molar-refractivity contribution < 1.29 is 23.1 Å². The van der Waals surface area contributed by atoms with Crippen LogP contribution in [0.5, 0.6) is 0 Å². The lowest BCUT2D eigenvalue weighted by Crippen LogP contribution is -2.25. The van der Waals surface area contributed by atoms with Gasteiger partial charge in [0.25, 0.3) is 0 Å². The summed E-state index contributed by atoms with van der Waals surface area (Å²) < 4.78 is 39.8. The van der Waals surface area contributed by atoms with E-state index in [2.05, 4.69) is 10.4 Å². The molecule has 0 amide bonds. The molecule has 3 rings (SSSR count). The molecule has 1 aliphatic heterocycles. The van der Waals surface area contributed by atoms with Gasteiger partial charge in [0.05, 0.1) is 16.9 Å². The Morgan fingerprint density at radius 1 is 1.36 bits per heavy atom. The van der Waals surface area contributed by atoms with Gasteiger partial charge in [-0.05, 0) is 18.2 Å². The molecule has 0 bridgehead atoms. The van der Waals surface area contributed by atoms with Crippen molar-refractivity contribution in [2.75, 3.05) is 6.54 Å². The maximum Gasteiger partial charge on any atom is 0.416 e. The summed E-state index contributed by atoms with van der Waals surface area (Å²) in [5.74, 6) is -1.19. The van der Waals surface area contributed by atoms with Crippen molar-refractivity contribution in [3.8, 4) is 5.69 Å². The lowest BCUT2D eigenvalue weighted by molar-refractivity contribution is -0.137. The molecule has 2 heterocycles. The van der Waals surface area contributed by atoms with Crippen LogP contribution in [-0.4, -0.2) is 27.4 Å². The third kappa shape index (κ3) is 2.45. The lowest BCUT2D eigenvalue weighted by Gasteiger charge is -2.16. The van der Waals surface area contributed by atoms with Crippen molar-refractivity contribution in [2.24, 2.45) is 0 Å². The molecular formula is C14H12F3N3O2. The Morgan fingerprint density at radius 2 is 2.14 bits per heavy atom. The Labute approximate surface area is 123 Å². The SMILES string of the molecule is O=C(O)c1nn(-c2cccc(C(F)(F)F)c2)c2c1CNCC2. The van der Waals surface area contributed by atoms with Gasteiger partial charge in [0.2, 0.25) is 0 Å². The van der Waals surface area contributed by atoms with Crippen LogP contribution in [0.25, 0.3) is 5.69 Å². The predicted molar refractivity (Wildman–Crippen MR) is 70.9 cm³/mol. The first-order chi connectivity index (χ1) is 10.4. The maximum absolute atomic E-state index is 12.8. The number of nitrogens with one attached hydrogen (secondary N) is 1. The number of rotatable bonds is 2. The summed E-state index contributed by atoms with van der Waals surface area (Å²) in [6.07, 6.45) is -3.95. The maximum atomic E-state index is 12.8. The zero-order valence-corrected chi connectivity index (χ0v) is 11.3. The lowest BCUT2D eigenvalue weighted by atomic mass is 10.1. The monoisotopic (exact) mass is 311 g/mol. The fourth-order valence-corrected chi connectivity index (χ4v) is 2.55. The summed E-state index contributed by atoms with van der Waals surface area (Å²) in [6, 6.07) is 4.71. The fourth-order valence-electron chi connectivity index (χ4n) is 2.55. The third-order valence-electron chi connectivity index (χ3n) is 3.55. The van der Waals surface area contributed by atoms with Crippen LogP contribution in [-0.2, 0) is 19.1 Å². The molecule has 0 saturated carbocycles. The fraction of sp³-hybridized carbons (Fsp3) is 0.286. The number of carbonyl (C=O) groups is 1. The number of halogens is 3. The van der Waals surface area contributed by atoms with E-state index in [4.69, 9.17) is 0 Å². The molecule has 0 unspecified atom stereocenters. The second-order valence-corrected chi connectivity index (χ2v) is 4.97. The summed E-state index contributed by atoms with van der Waals surface area (Å²) in [5, 5.41) is 16.2. The average Bonchev–Trinajstić information content (AvgIpc) is 2.86. The first kappa shape index (κ1) is 14.6. The Balaban J connectivity index is 2.15. The highest BCUT2D eigenvalue weighted by molar-refractivity contribution is 5.87. The number of alkyl halides is 3. The highest BCUT2D eigenvalue weighted by Gasteiger charge is 2.31. The van der Waals surface area contributed by atoms with Gasteiger partial charge in [-0.3, -0.25) is 0 Å². The highest BCUT2D eigenvalue weighted by Crippen LogP contribution is 2.31. The summed E-state index contributed by atoms with van der Waals surface area (Å²) >= 11 is 0. The molecule has 2 N–H and O–H groups in total. The molecule has 1 aliphatic rings. The van der Waals surface area contributed by atoms with Gasteiger partial charge in [-0.2, -0.15) is 18.3 Å². The number of nitrogens with zero attached hydrogens (tertiary/aromatic N) is 2. The number of carboxylic acid groups (broad SMARTS) is 1. The Morgan fingerprint density at radius 3 is 2.82 bits per heavy atom. The quantitative estimate of drug-likeness (QED) is 0.892. The second kappa shape index (κ2) is 5.13. The van der Waals surface area contributed by atoms with Gasteiger partial charge < -0.3 is 10.4 Å². The van der Waals surface area contributed by atoms with Crippen LogP contribution in [0.15, 0.2) is 24.3 Å². The van der Waals surface area contributed by atoms with E-state index in [0.29, 0.717) is 30.8 Å². The van der Waals surface area contributed by atoms with Gasteiger partial charge in [0.1, 0.15) is 0 Å². The van der Waals surface area contributed by atoms with Crippen LogP contribution in [0.3, 0.4) is 0 Å². The van der Waals surface area contributed by atoms with Crippen molar-refractivity contribution in [1.29, 1.82) is 0 Å². The van der Waals surface area contributed by atoms with E-state index in [1.807, 2.05) is 0 Å². The van der Waals surface area contributed by atoms with E-state index in [0.717, 1.165) is 12.1 Å². The number of fused-ring (bicyclic) bond motifs is 1. The molecule has 8 heteroatoms. The Bertz CT molecular complexity index is 737. The molecule has 0 fully saturated rings. The molecule has 22 heavy (non-hydrogen) atoms. The van der Waals surface area contributed by atoms with Gasteiger partial charge in [-0.15, -0.1) is 0 Å². The number of aromatic nitrogens is 2. The number of benzene rings is 1. The van der Waals surface area contributed by atoms with E-state index < -0.39 is 17.7 Å². The predicted octanol–water partition coefficient (Wildman–Crippen LogP) is 2.24. The molecule has 2 aromatic rings. The largest absolute Gasteiger partial charge is 0.476 e. The first-order valence-electron chi connectivity index (χ1n) is 6.60.